The molecule has 0 saturated carbocycles. The number of ether oxygens (including phenoxy) is 1. The van der Waals surface area contributed by atoms with Gasteiger partial charge in [0.05, 0.1) is 13.1 Å². The summed E-state index contributed by atoms with van der Waals surface area (Å²) in [6, 6.07) is 17.9. The first-order chi connectivity index (χ1) is 15.1. The van der Waals surface area contributed by atoms with Crippen LogP contribution in [0.25, 0.3) is 0 Å². The number of hydrogen-bond donors (Lipinski definition) is 3. The lowest BCUT2D eigenvalue weighted by molar-refractivity contribution is 0.110. The zero-order valence-corrected chi connectivity index (χ0v) is 20.9. The summed E-state index contributed by atoms with van der Waals surface area (Å²) in [5.74, 6) is 1.42. The van der Waals surface area contributed by atoms with E-state index in [2.05, 4.69) is 32.9 Å². The Balaban J connectivity index is 0.00000363. The molecule has 1 heterocycles. The van der Waals surface area contributed by atoms with Gasteiger partial charge in [0.15, 0.2) is 5.96 Å². The maximum Gasteiger partial charge on any atom is 0.191 e. The van der Waals surface area contributed by atoms with Crippen molar-refractivity contribution >= 4 is 29.9 Å². The standard InChI is InChI=1S/C24H31N5O2.HI/c1-3-25-24(27-16-22(30)18-31-23-11-6-8-19(2)14-23)26-15-20-9-4-5-10-21(20)17-29-13-7-12-28-29;/h4-14,22,30H,3,15-18H2,1-2H3,(H2,25,26,27);1H. The molecular formula is C24H32IN5O2. The van der Waals surface area contributed by atoms with E-state index in [0.29, 0.717) is 25.6 Å². The predicted octanol–water partition coefficient (Wildman–Crippen LogP) is 3.35. The van der Waals surface area contributed by atoms with Gasteiger partial charge in [0.25, 0.3) is 0 Å². The summed E-state index contributed by atoms with van der Waals surface area (Å²) in [6.07, 6.45) is 3.07. The van der Waals surface area contributed by atoms with Gasteiger partial charge in [0.2, 0.25) is 0 Å². The number of nitrogens with one attached hydrogen (secondary N) is 2. The Kier molecular flexibility index (Phi) is 11.0. The third-order valence-electron chi connectivity index (χ3n) is 4.70. The molecule has 0 spiro atoms. The van der Waals surface area contributed by atoms with Crippen LogP contribution in [0, 0.1) is 6.92 Å². The second-order valence-corrected chi connectivity index (χ2v) is 7.33. The van der Waals surface area contributed by atoms with Crippen molar-refractivity contribution in [3.05, 3.63) is 83.7 Å². The zero-order valence-electron chi connectivity index (χ0n) is 18.6. The number of aliphatic hydroxyl groups is 1. The molecule has 7 nitrogen and oxygen atoms in total. The Morgan fingerprint density at radius 2 is 1.94 bits per heavy atom. The van der Waals surface area contributed by atoms with E-state index in [-0.39, 0.29) is 30.6 Å². The minimum Gasteiger partial charge on any atom is -0.491 e. The molecule has 0 aliphatic rings. The molecule has 32 heavy (non-hydrogen) atoms. The number of hydrogen-bond acceptors (Lipinski definition) is 4. The first-order valence-electron chi connectivity index (χ1n) is 10.6. The Hall–Kier alpha value is -2.59. The third-order valence-corrected chi connectivity index (χ3v) is 4.70. The van der Waals surface area contributed by atoms with Gasteiger partial charge in [0.1, 0.15) is 18.5 Å². The van der Waals surface area contributed by atoms with Crippen molar-refractivity contribution in [1.29, 1.82) is 0 Å². The number of benzene rings is 2. The Morgan fingerprint density at radius 1 is 1.12 bits per heavy atom. The Labute approximate surface area is 206 Å². The van der Waals surface area contributed by atoms with E-state index in [9.17, 15) is 5.11 Å². The Morgan fingerprint density at radius 3 is 2.66 bits per heavy atom. The summed E-state index contributed by atoms with van der Waals surface area (Å²) in [4.78, 5) is 4.69. The summed E-state index contributed by atoms with van der Waals surface area (Å²) in [5.41, 5.74) is 3.44. The van der Waals surface area contributed by atoms with Gasteiger partial charge in [-0.15, -0.1) is 24.0 Å². The molecule has 0 radical (unpaired) electrons. The smallest absolute Gasteiger partial charge is 0.191 e. The molecule has 3 N–H and O–H groups in total. The molecule has 0 amide bonds. The van der Waals surface area contributed by atoms with Crippen LogP contribution in [0.5, 0.6) is 5.75 Å². The summed E-state index contributed by atoms with van der Waals surface area (Å²) < 4.78 is 7.58. The van der Waals surface area contributed by atoms with Crippen LogP contribution < -0.4 is 15.4 Å². The highest BCUT2D eigenvalue weighted by Crippen LogP contribution is 2.13. The molecule has 0 saturated heterocycles. The van der Waals surface area contributed by atoms with Crippen molar-refractivity contribution < 1.29 is 9.84 Å². The zero-order chi connectivity index (χ0) is 21.9. The lowest BCUT2D eigenvalue weighted by Gasteiger charge is -2.16. The van der Waals surface area contributed by atoms with Gasteiger partial charge >= 0.3 is 0 Å². The third kappa shape index (κ3) is 8.51. The summed E-state index contributed by atoms with van der Waals surface area (Å²) >= 11 is 0. The average Bonchev–Trinajstić information content (AvgIpc) is 3.28. The van der Waals surface area contributed by atoms with E-state index < -0.39 is 6.10 Å². The molecule has 0 fully saturated rings. The maximum absolute atomic E-state index is 10.3. The van der Waals surface area contributed by atoms with Crippen LogP contribution in [0.3, 0.4) is 0 Å². The van der Waals surface area contributed by atoms with Crippen molar-refractivity contribution in [2.75, 3.05) is 19.7 Å². The van der Waals surface area contributed by atoms with E-state index in [1.165, 1.54) is 5.56 Å². The number of guanidine groups is 1. The minimum absolute atomic E-state index is 0. The van der Waals surface area contributed by atoms with E-state index >= 15 is 0 Å². The molecule has 1 aromatic heterocycles. The van der Waals surface area contributed by atoms with Gasteiger partial charge in [0, 0.05) is 25.5 Å². The molecule has 8 heteroatoms. The first-order valence-corrected chi connectivity index (χ1v) is 10.6. The number of aromatic nitrogens is 2. The fourth-order valence-corrected chi connectivity index (χ4v) is 3.11. The van der Waals surface area contributed by atoms with E-state index in [1.54, 1.807) is 6.20 Å². The van der Waals surface area contributed by atoms with Crippen LogP contribution in [0.4, 0.5) is 0 Å². The van der Waals surface area contributed by atoms with Crippen molar-refractivity contribution in [2.45, 2.75) is 33.0 Å². The SMILES string of the molecule is CCNC(=NCc1ccccc1Cn1cccn1)NCC(O)COc1cccc(C)c1.I. The van der Waals surface area contributed by atoms with Gasteiger partial charge in [-0.05, 0) is 48.7 Å². The van der Waals surface area contributed by atoms with Gasteiger partial charge in [-0.2, -0.15) is 5.10 Å². The first kappa shape index (κ1) is 25.7. The van der Waals surface area contributed by atoms with Crippen molar-refractivity contribution in [1.82, 2.24) is 20.4 Å². The van der Waals surface area contributed by atoms with E-state index in [4.69, 9.17) is 4.74 Å². The second-order valence-electron chi connectivity index (χ2n) is 7.33. The van der Waals surface area contributed by atoms with Crippen LogP contribution in [-0.2, 0) is 13.1 Å². The van der Waals surface area contributed by atoms with Crippen LogP contribution in [0.1, 0.15) is 23.6 Å². The van der Waals surface area contributed by atoms with Crippen LogP contribution >= 0.6 is 24.0 Å². The van der Waals surface area contributed by atoms with Gasteiger partial charge in [-0.3, -0.25) is 4.68 Å². The molecule has 0 aliphatic heterocycles. The monoisotopic (exact) mass is 549 g/mol. The van der Waals surface area contributed by atoms with Gasteiger partial charge in [-0.25, -0.2) is 4.99 Å². The highest BCUT2D eigenvalue weighted by Gasteiger charge is 2.08. The average molecular weight is 549 g/mol. The quantitative estimate of drug-likeness (QED) is 0.205. The minimum atomic E-state index is -0.656. The van der Waals surface area contributed by atoms with Crippen molar-refractivity contribution in [2.24, 2.45) is 4.99 Å². The van der Waals surface area contributed by atoms with E-state index in [1.807, 2.05) is 67.2 Å². The topological polar surface area (TPSA) is 83.7 Å². The van der Waals surface area contributed by atoms with Gasteiger partial charge < -0.3 is 20.5 Å². The summed E-state index contributed by atoms with van der Waals surface area (Å²) in [7, 11) is 0. The summed E-state index contributed by atoms with van der Waals surface area (Å²) in [5, 5.41) is 21.0. The van der Waals surface area contributed by atoms with Crippen LogP contribution in [0.2, 0.25) is 0 Å². The lowest BCUT2D eigenvalue weighted by atomic mass is 10.1. The number of aliphatic hydroxyl groups excluding tert-OH is 1. The predicted molar refractivity (Wildman–Crippen MR) is 139 cm³/mol. The summed E-state index contributed by atoms with van der Waals surface area (Å²) in [6.45, 7) is 6.55. The molecular weight excluding hydrogens is 517 g/mol. The molecule has 0 aliphatic carbocycles. The molecule has 1 atom stereocenters. The molecule has 2 aromatic carbocycles. The van der Waals surface area contributed by atoms with Crippen molar-refractivity contribution in [3.8, 4) is 5.75 Å². The number of aliphatic imine (C=N–C) groups is 1. The lowest BCUT2D eigenvalue weighted by Crippen LogP contribution is -2.42. The Bertz CT molecular complexity index is 963. The molecule has 3 aromatic rings. The normalized spacial score (nSPS) is 12.0. The highest BCUT2D eigenvalue weighted by molar-refractivity contribution is 14.0. The fourth-order valence-electron chi connectivity index (χ4n) is 3.11. The molecule has 0 bridgehead atoms. The molecule has 1 unspecified atom stereocenters. The number of aryl methyl sites for hydroxylation is 1. The number of rotatable bonds is 10. The van der Waals surface area contributed by atoms with Crippen LogP contribution in [-0.4, -0.2) is 46.6 Å². The second kappa shape index (κ2) is 13.7. The molecule has 3 rings (SSSR count). The molecule has 172 valence electrons. The van der Waals surface area contributed by atoms with Crippen molar-refractivity contribution in [3.63, 3.8) is 0 Å². The van der Waals surface area contributed by atoms with Crippen LogP contribution in [0.15, 0.2) is 72.0 Å². The number of nitrogens with zero attached hydrogens (tertiary/aromatic N) is 3. The number of halogens is 1. The fraction of sp³-hybridized carbons (Fsp3) is 0.333. The maximum atomic E-state index is 10.3. The largest absolute Gasteiger partial charge is 0.491 e. The highest BCUT2D eigenvalue weighted by atomic mass is 127. The van der Waals surface area contributed by atoms with Gasteiger partial charge in [-0.1, -0.05) is 36.4 Å². The van der Waals surface area contributed by atoms with E-state index in [0.717, 1.165) is 23.4 Å².